The maximum Gasteiger partial charge on any atom is 0.511 e. The molecule has 1 aromatic rings. The van der Waals surface area contributed by atoms with Gasteiger partial charge in [0.05, 0.1) is 12.7 Å². The summed E-state index contributed by atoms with van der Waals surface area (Å²) in [6.45, 7) is 1.11. The lowest BCUT2D eigenvalue weighted by molar-refractivity contribution is -0.0496. The summed E-state index contributed by atoms with van der Waals surface area (Å²) in [5.74, 6) is 1.26. The fourth-order valence-corrected chi connectivity index (χ4v) is 3.72. The van der Waals surface area contributed by atoms with Crippen LogP contribution in [0.15, 0.2) is 29.5 Å². The van der Waals surface area contributed by atoms with E-state index in [0.717, 1.165) is 0 Å². The molecule has 0 aromatic carbocycles. The van der Waals surface area contributed by atoms with E-state index in [9.17, 15) is 21.6 Å². The van der Waals surface area contributed by atoms with Crippen LogP contribution < -0.4 is 15.4 Å². The van der Waals surface area contributed by atoms with Gasteiger partial charge >= 0.3 is 15.5 Å². The molecule has 0 atom stereocenters. The predicted octanol–water partition coefficient (Wildman–Crippen LogP) is 1.80. The predicted molar refractivity (Wildman–Crippen MR) is 114 cm³/mol. The second kappa shape index (κ2) is 11.7. The lowest BCUT2D eigenvalue weighted by Crippen LogP contribution is -2.47. The van der Waals surface area contributed by atoms with Gasteiger partial charge in [-0.25, -0.2) is 8.42 Å². The number of rotatable bonds is 7. The van der Waals surface area contributed by atoms with Crippen molar-refractivity contribution >= 4 is 40.0 Å². The monoisotopic (exact) mass is 551 g/mol. The Morgan fingerprint density at radius 3 is 2.59 bits per heavy atom. The van der Waals surface area contributed by atoms with Gasteiger partial charge in [-0.15, -0.1) is 24.0 Å². The smallest absolute Gasteiger partial charge is 0.490 e. The highest BCUT2D eigenvalue weighted by molar-refractivity contribution is 14.0. The number of aromatic nitrogens is 1. The molecule has 0 saturated carbocycles. The van der Waals surface area contributed by atoms with Gasteiger partial charge in [-0.3, -0.25) is 9.98 Å². The first-order valence-corrected chi connectivity index (χ1v) is 10.2. The number of aliphatic imine (C=N–C) groups is 1. The molecule has 0 bridgehead atoms. The molecule has 8 nitrogen and oxygen atoms in total. The largest absolute Gasteiger partial charge is 0.511 e. The molecule has 2 heterocycles. The maximum atomic E-state index is 12.6. The van der Waals surface area contributed by atoms with Gasteiger partial charge < -0.3 is 15.4 Å². The average molecular weight is 551 g/mol. The summed E-state index contributed by atoms with van der Waals surface area (Å²) in [4.78, 5) is 8.02. The summed E-state index contributed by atoms with van der Waals surface area (Å²) in [5, 5.41) is 6.17. The lowest BCUT2D eigenvalue weighted by atomic mass is 9.98. The van der Waals surface area contributed by atoms with Crippen molar-refractivity contribution < 1.29 is 26.3 Å². The third kappa shape index (κ3) is 7.77. The van der Waals surface area contributed by atoms with Crippen LogP contribution in [-0.4, -0.2) is 69.0 Å². The van der Waals surface area contributed by atoms with Crippen molar-refractivity contribution in [1.82, 2.24) is 19.9 Å². The number of alkyl halides is 3. The van der Waals surface area contributed by atoms with Gasteiger partial charge in [-0.05, 0) is 30.9 Å². The van der Waals surface area contributed by atoms with Crippen molar-refractivity contribution in [1.29, 1.82) is 0 Å². The van der Waals surface area contributed by atoms with Crippen LogP contribution in [0.25, 0.3) is 0 Å². The Labute approximate surface area is 185 Å². The summed E-state index contributed by atoms with van der Waals surface area (Å²) in [6, 6.07) is 3.57. The molecule has 0 spiro atoms. The molecule has 29 heavy (non-hydrogen) atoms. The summed E-state index contributed by atoms with van der Waals surface area (Å²) in [5.41, 5.74) is -5.25. The second-order valence-corrected chi connectivity index (χ2v) is 8.14. The lowest BCUT2D eigenvalue weighted by Gasteiger charge is -2.31. The molecule has 0 aliphatic carbocycles. The molecule has 166 valence electrons. The molecule has 1 aliphatic rings. The normalized spacial score (nSPS) is 16.8. The average Bonchev–Trinajstić information content (AvgIpc) is 2.67. The maximum absolute atomic E-state index is 12.6. The van der Waals surface area contributed by atoms with Crippen molar-refractivity contribution in [3.8, 4) is 5.75 Å². The Balaban J connectivity index is 0.00000420. The number of nitrogens with zero attached hydrogens (tertiary/aromatic N) is 3. The van der Waals surface area contributed by atoms with Crippen LogP contribution in [-0.2, 0) is 10.0 Å². The minimum absolute atomic E-state index is 0. The number of nitrogens with one attached hydrogen (secondary N) is 2. The van der Waals surface area contributed by atoms with Gasteiger partial charge in [0.2, 0.25) is 0 Å². The van der Waals surface area contributed by atoms with E-state index in [1.165, 1.54) is 0 Å². The highest BCUT2D eigenvalue weighted by atomic mass is 127. The minimum Gasteiger partial charge on any atom is -0.490 e. The van der Waals surface area contributed by atoms with Gasteiger partial charge in [0.25, 0.3) is 0 Å². The van der Waals surface area contributed by atoms with Crippen LogP contribution >= 0.6 is 24.0 Å². The SMILES string of the molecule is CN=C(NCCOc1cccnc1)NCC1CCN(S(=O)(=O)C(F)(F)F)CC1.I. The molecule has 2 N–H and O–H groups in total. The standard InChI is InChI=1S/C16H24F3N5O3S.HI/c1-20-15(22-7-10-27-14-3-2-6-21-12-14)23-11-13-4-8-24(9-5-13)28(25,26)16(17,18)19;/h2-3,6,12-13H,4-5,7-11H2,1H3,(H2,20,22,23);1H. The van der Waals surface area contributed by atoms with Crippen LogP contribution in [0.3, 0.4) is 0 Å². The van der Waals surface area contributed by atoms with Gasteiger partial charge in [-0.2, -0.15) is 17.5 Å². The van der Waals surface area contributed by atoms with Crippen LogP contribution in [0.2, 0.25) is 0 Å². The zero-order chi connectivity index (χ0) is 20.6. The summed E-state index contributed by atoms with van der Waals surface area (Å²) >= 11 is 0. The van der Waals surface area contributed by atoms with Crippen molar-refractivity contribution in [2.45, 2.75) is 18.3 Å². The van der Waals surface area contributed by atoms with Gasteiger partial charge in [0.15, 0.2) is 5.96 Å². The van der Waals surface area contributed by atoms with Gasteiger partial charge in [0.1, 0.15) is 12.4 Å². The van der Waals surface area contributed by atoms with Crippen molar-refractivity contribution in [3.05, 3.63) is 24.5 Å². The van der Waals surface area contributed by atoms with E-state index in [4.69, 9.17) is 4.74 Å². The molecule has 1 aromatic heterocycles. The topological polar surface area (TPSA) is 95.9 Å². The first-order valence-electron chi connectivity index (χ1n) is 8.78. The third-order valence-electron chi connectivity index (χ3n) is 4.29. The Kier molecular flexibility index (Phi) is 10.4. The van der Waals surface area contributed by atoms with Gasteiger partial charge in [-0.1, -0.05) is 0 Å². The van der Waals surface area contributed by atoms with Gasteiger partial charge in [0, 0.05) is 32.9 Å². The highest BCUT2D eigenvalue weighted by Crippen LogP contribution is 2.30. The van der Waals surface area contributed by atoms with Crippen LogP contribution in [0.5, 0.6) is 5.75 Å². The van der Waals surface area contributed by atoms with Crippen molar-refractivity contribution in [2.75, 3.05) is 39.8 Å². The summed E-state index contributed by atoms with van der Waals surface area (Å²) < 4.78 is 66.6. The molecule has 0 amide bonds. The van der Waals surface area contributed by atoms with Crippen LogP contribution in [0.4, 0.5) is 13.2 Å². The van der Waals surface area contributed by atoms with Crippen LogP contribution in [0, 0.1) is 5.92 Å². The molecule has 1 saturated heterocycles. The fraction of sp³-hybridized carbons (Fsp3) is 0.625. The number of guanidine groups is 1. The number of ether oxygens (including phenoxy) is 1. The Morgan fingerprint density at radius 2 is 2.03 bits per heavy atom. The molecule has 1 aliphatic heterocycles. The third-order valence-corrected chi connectivity index (χ3v) is 5.92. The molecule has 0 radical (unpaired) electrons. The van der Waals surface area contributed by atoms with E-state index in [1.54, 1.807) is 31.6 Å². The first-order chi connectivity index (χ1) is 13.2. The number of sulfonamides is 1. The molecule has 0 unspecified atom stereocenters. The fourth-order valence-electron chi connectivity index (χ4n) is 2.73. The zero-order valence-corrected chi connectivity index (χ0v) is 19.0. The molecule has 2 rings (SSSR count). The first kappa shape index (κ1) is 25.7. The van der Waals surface area contributed by atoms with Crippen molar-refractivity contribution in [3.63, 3.8) is 0 Å². The number of hydrogen-bond acceptors (Lipinski definition) is 5. The molecular weight excluding hydrogens is 526 g/mol. The van der Waals surface area contributed by atoms with E-state index in [2.05, 4.69) is 20.6 Å². The number of pyridine rings is 1. The summed E-state index contributed by atoms with van der Waals surface area (Å²) in [6.07, 6.45) is 3.96. The van der Waals surface area contributed by atoms with E-state index in [1.807, 2.05) is 0 Å². The molecule has 1 fully saturated rings. The van der Waals surface area contributed by atoms with E-state index < -0.39 is 15.5 Å². The van der Waals surface area contributed by atoms with Crippen LogP contribution in [0.1, 0.15) is 12.8 Å². The Bertz CT molecular complexity index is 742. The zero-order valence-electron chi connectivity index (χ0n) is 15.9. The van der Waals surface area contributed by atoms with E-state index in [-0.39, 0.29) is 43.0 Å². The van der Waals surface area contributed by atoms with Crippen molar-refractivity contribution in [2.24, 2.45) is 10.9 Å². The minimum atomic E-state index is -5.25. The van der Waals surface area contributed by atoms with E-state index in [0.29, 0.717) is 48.6 Å². The number of halogens is 4. The number of piperidine rings is 1. The second-order valence-electron chi connectivity index (χ2n) is 6.21. The number of hydrogen-bond donors (Lipinski definition) is 2. The Morgan fingerprint density at radius 1 is 1.34 bits per heavy atom. The Hall–Kier alpha value is -1.35. The molecule has 13 heteroatoms. The summed E-state index contributed by atoms with van der Waals surface area (Å²) in [7, 11) is -3.63. The highest BCUT2D eigenvalue weighted by Gasteiger charge is 2.50. The van der Waals surface area contributed by atoms with E-state index >= 15 is 0 Å². The quantitative estimate of drug-likeness (QED) is 0.233. The molecular formula is C16H25F3IN5O3S.